The number of nitrogens with one attached hydrogen (secondary N) is 1. The van der Waals surface area contributed by atoms with E-state index in [1.807, 2.05) is 51.1 Å². The monoisotopic (exact) mass is 424 g/mol. The van der Waals surface area contributed by atoms with Gasteiger partial charge in [-0.1, -0.05) is 18.2 Å². The highest BCUT2D eigenvalue weighted by Gasteiger charge is 2.32. The molecule has 0 saturated carbocycles. The Kier molecular flexibility index (Phi) is 4.89. The third kappa shape index (κ3) is 3.47. The summed E-state index contributed by atoms with van der Waals surface area (Å²) in [6, 6.07) is 14.7. The minimum absolute atomic E-state index is 0.165. The first-order chi connectivity index (χ1) is 14.2. The van der Waals surface area contributed by atoms with Gasteiger partial charge >= 0.3 is 0 Å². The van der Waals surface area contributed by atoms with Crippen molar-refractivity contribution < 1.29 is 13.2 Å². The Hall–Kier alpha value is -3.13. The number of hydrogen-bond acceptors (Lipinski definition) is 4. The lowest BCUT2D eigenvalue weighted by Gasteiger charge is -2.21. The number of sulfonamides is 1. The molecule has 0 radical (unpaired) electrons. The van der Waals surface area contributed by atoms with Gasteiger partial charge in [0.2, 0.25) is 10.0 Å². The van der Waals surface area contributed by atoms with Gasteiger partial charge in [-0.2, -0.15) is 5.10 Å². The maximum atomic E-state index is 12.9. The van der Waals surface area contributed by atoms with E-state index in [-0.39, 0.29) is 11.9 Å². The number of carbonyl (C=O) groups excluding carboxylic acids is 1. The minimum atomic E-state index is -3.36. The molecule has 0 unspecified atom stereocenters. The number of nitrogens with zero attached hydrogens (tertiary/aromatic N) is 3. The van der Waals surface area contributed by atoms with Crippen molar-refractivity contribution in [1.29, 1.82) is 0 Å². The molecular formula is C22H24N4O3S. The first kappa shape index (κ1) is 20.2. The fourth-order valence-electron chi connectivity index (χ4n) is 4.08. The predicted molar refractivity (Wildman–Crippen MR) is 118 cm³/mol. The van der Waals surface area contributed by atoms with Crippen LogP contribution < -0.4 is 9.62 Å². The third-order valence-corrected chi connectivity index (χ3v) is 6.65. The molecular weight excluding hydrogens is 400 g/mol. The largest absolute Gasteiger partial charge is 0.319 e. The number of carbonyl (C=O) groups is 1. The van der Waals surface area contributed by atoms with Crippen LogP contribution in [0.1, 0.15) is 34.2 Å². The van der Waals surface area contributed by atoms with Crippen LogP contribution >= 0.6 is 0 Å². The maximum absolute atomic E-state index is 12.9. The highest BCUT2D eigenvalue weighted by molar-refractivity contribution is 7.92. The number of anilines is 2. The molecule has 0 spiro atoms. The summed E-state index contributed by atoms with van der Waals surface area (Å²) in [6.45, 7) is 5.64. The number of para-hydroxylation sites is 1. The van der Waals surface area contributed by atoms with Gasteiger partial charge in [-0.15, -0.1) is 0 Å². The van der Waals surface area contributed by atoms with E-state index in [0.29, 0.717) is 23.4 Å². The average Bonchev–Trinajstić information content (AvgIpc) is 3.18. The van der Waals surface area contributed by atoms with E-state index in [2.05, 4.69) is 10.4 Å². The second-order valence-corrected chi connectivity index (χ2v) is 9.56. The molecule has 1 N–H and O–H groups in total. The number of fused-ring (bicyclic) bond motifs is 1. The van der Waals surface area contributed by atoms with Crippen molar-refractivity contribution in [3.8, 4) is 5.69 Å². The van der Waals surface area contributed by atoms with Crippen LogP contribution in [0, 0.1) is 13.8 Å². The van der Waals surface area contributed by atoms with E-state index in [1.54, 1.807) is 22.9 Å². The van der Waals surface area contributed by atoms with Crippen molar-refractivity contribution in [2.45, 2.75) is 33.2 Å². The smallest absolute Gasteiger partial charge is 0.255 e. The second kappa shape index (κ2) is 7.28. The van der Waals surface area contributed by atoms with Crippen LogP contribution in [0.25, 0.3) is 5.69 Å². The number of hydrogen-bond donors (Lipinski definition) is 1. The van der Waals surface area contributed by atoms with E-state index in [4.69, 9.17) is 0 Å². The lowest BCUT2D eigenvalue weighted by Crippen LogP contribution is -2.34. The van der Waals surface area contributed by atoms with Crippen LogP contribution in [-0.2, 0) is 16.4 Å². The Morgan fingerprint density at radius 2 is 1.83 bits per heavy atom. The fraction of sp³-hybridized carbons (Fsp3) is 0.273. The van der Waals surface area contributed by atoms with Gasteiger partial charge in [0.25, 0.3) is 5.91 Å². The number of aryl methyl sites for hydroxylation is 1. The molecule has 8 heteroatoms. The molecule has 1 aliphatic heterocycles. The van der Waals surface area contributed by atoms with E-state index >= 15 is 0 Å². The summed E-state index contributed by atoms with van der Waals surface area (Å²) in [4.78, 5) is 12.9. The molecule has 2 heterocycles. The number of amides is 1. The van der Waals surface area contributed by atoms with Gasteiger partial charge in [0.1, 0.15) is 0 Å². The van der Waals surface area contributed by atoms with E-state index < -0.39 is 10.0 Å². The summed E-state index contributed by atoms with van der Waals surface area (Å²) < 4.78 is 27.4. The van der Waals surface area contributed by atoms with Crippen molar-refractivity contribution in [2.75, 3.05) is 15.9 Å². The summed E-state index contributed by atoms with van der Waals surface area (Å²) in [5, 5.41) is 7.54. The van der Waals surface area contributed by atoms with Crippen LogP contribution in [-0.4, -0.2) is 36.4 Å². The highest BCUT2D eigenvalue weighted by Crippen LogP contribution is 2.35. The van der Waals surface area contributed by atoms with Crippen LogP contribution in [0.4, 0.5) is 11.4 Å². The molecule has 3 aromatic rings. The summed E-state index contributed by atoms with van der Waals surface area (Å²) in [5.41, 5.74) is 5.15. The topological polar surface area (TPSA) is 84.3 Å². The van der Waals surface area contributed by atoms with Gasteiger partial charge in [-0.05, 0) is 63.1 Å². The summed E-state index contributed by atoms with van der Waals surface area (Å²) in [7, 11) is -3.36. The molecule has 1 aliphatic rings. The second-order valence-electron chi connectivity index (χ2n) is 7.70. The number of aromatic nitrogens is 2. The van der Waals surface area contributed by atoms with Crippen molar-refractivity contribution in [2.24, 2.45) is 0 Å². The molecule has 4 rings (SSSR count). The summed E-state index contributed by atoms with van der Waals surface area (Å²) >= 11 is 0. The van der Waals surface area contributed by atoms with Crippen LogP contribution in [0.3, 0.4) is 0 Å². The fourth-order valence-corrected chi connectivity index (χ4v) is 5.34. The molecule has 0 saturated heterocycles. The molecule has 1 aromatic heterocycles. The van der Waals surface area contributed by atoms with Crippen LogP contribution in [0.15, 0.2) is 48.5 Å². The SMILES string of the molecule is Cc1nn(-c2ccccc2)c(C)c1NC(=O)c1ccc2c(c1)C[C@@H](C)N2S(C)(=O)=O. The zero-order valence-corrected chi connectivity index (χ0v) is 18.2. The maximum Gasteiger partial charge on any atom is 0.255 e. The third-order valence-electron chi connectivity index (χ3n) is 5.38. The molecule has 1 amide bonds. The lowest BCUT2D eigenvalue weighted by molar-refractivity contribution is 0.102. The van der Waals surface area contributed by atoms with Crippen LogP contribution in [0.2, 0.25) is 0 Å². The normalized spacial score (nSPS) is 15.9. The molecule has 0 fully saturated rings. The Bertz CT molecular complexity index is 1230. The van der Waals surface area contributed by atoms with Gasteiger partial charge < -0.3 is 5.32 Å². The molecule has 2 aromatic carbocycles. The first-order valence-electron chi connectivity index (χ1n) is 9.72. The molecule has 0 bridgehead atoms. The van der Waals surface area contributed by atoms with Crippen molar-refractivity contribution in [3.05, 3.63) is 71.0 Å². The Morgan fingerprint density at radius 3 is 2.50 bits per heavy atom. The van der Waals surface area contributed by atoms with E-state index in [0.717, 1.165) is 22.6 Å². The summed E-state index contributed by atoms with van der Waals surface area (Å²) in [6.07, 6.45) is 1.78. The molecule has 0 aliphatic carbocycles. The Labute approximate surface area is 176 Å². The van der Waals surface area contributed by atoms with Gasteiger partial charge in [0, 0.05) is 11.6 Å². The number of rotatable bonds is 4. The van der Waals surface area contributed by atoms with Crippen LogP contribution in [0.5, 0.6) is 0 Å². The zero-order chi connectivity index (χ0) is 21.6. The lowest BCUT2D eigenvalue weighted by atomic mass is 10.1. The standard InChI is InChI=1S/C22H24N4O3S/c1-14-12-18-13-17(10-11-20(18)26(14)30(4,28)29)22(27)23-21-15(2)24-25(16(21)3)19-8-6-5-7-9-19/h5-11,13-14H,12H2,1-4H3,(H,23,27)/t14-/m1/s1. The van der Waals surface area contributed by atoms with E-state index in [9.17, 15) is 13.2 Å². The minimum Gasteiger partial charge on any atom is -0.319 e. The van der Waals surface area contributed by atoms with Gasteiger partial charge in [-0.3, -0.25) is 9.10 Å². The molecule has 156 valence electrons. The quantitative estimate of drug-likeness (QED) is 0.695. The van der Waals surface area contributed by atoms with Crippen molar-refractivity contribution in [1.82, 2.24) is 9.78 Å². The Morgan fingerprint density at radius 1 is 1.13 bits per heavy atom. The van der Waals surface area contributed by atoms with Gasteiger partial charge in [0.15, 0.2) is 0 Å². The highest BCUT2D eigenvalue weighted by atomic mass is 32.2. The van der Waals surface area contributed by atoms with Crippen molar-refractivity contribution in [3.63, 3.8) is 0 Å². The predicted octanol–water partition coefficient (Wildman–Crippen LogP) is 3.45. The van der Waals surface area contributed by atoms with Crippen molar-refractivity contribution >= 4 is 27.3 Å². The molecule has 30 heavy (non-hydrogen) atoms. The van der Waals surface area contributed by atoms with Gasteiger partial charge in [-0.25, -0.2) is 13.1 Å². The van der Waals surface area contributed by atoms with E-state index in [1.165, 1.54) is 10.6 Å². The first-order valence-corrected chi connectivity index (χ1v) is 11.6. The number of benzene rings is 2. The molecule has 7 nitrogen and oxygen atoms in total. The Balaban J connectivity index is 1.62. The summed E-state index contributed by atoms with van der Waals surface area (Å²) in [5.74, 6) is -0.248. The zero-order valence-electron chi connectivity index (χ0n) is 17.4. The van der Waals surface area contributed by atoms with Gasteiger partial charge in [0.05, 0.1) is 34.7 Å². The molecule has 1 atom stereocenters. The average molecular weight is 425 g/mol.